The van der Waals surface area contributed by atoms with Crippen LogP contribution in [0.1, 0.15) is 19.8 Å². The lowest BCUT2D eigenvalue weighted by Crippen LogP contribution is -2.61. The van der Waals surface area contributed by atoms with Gasteiger partial charge in [0.05, 0.1) is 0 Å². The van der Waals surface area contributed by atoms with E-state index >= 15 is 0 Å². The first-order valence-corrected chi connectivity index (χ1v) is 6.58. The van der Waals surface area contributed by atoms with Crippen molar-refractivity contribution in [1.29, 1.82) is 0 Å². The van der Waals surface area contributed by atoms with E-state index in [0.717, 1.165) is 12.8 Å². The van der Waals surface area contributed by atoms with Crippen molar-refractivity contribution in [3.63, 3.8) is 0 Å². The molecule has 2 aliphatic heterocycles. The quantitative estimate of drug-likeness (QED) is 0.721. The maximum atomic E-state index is 12.3. The number of urea groups is 1. The summed E-state index contributed by atoms with van der Waals surface area (Å²) in [4.78, 5) is 37.7. The van der Waals surface area contributed by atoms with Crippen molar-refractivity contribution in [2.45, 2.75) is 25.8 Å². The summed E-state index contributed by atoms with van der Waals surface area (Å²) >= 11 is 0. The van der Waals surface area contributed by atoms with E-state index in [-0.39, 0.29) is 25.0 Å². The number of nitrogens with zero attached hydrogens (tertiary/aromatic N) is 2. The van der Waals surface area contributed by atoms with Crippen LogP contribution in [-0.4, -0.2) is 65.0 Å². The van der Waals surface area contributed by atoms with Crippen LogP contribution in [0.25, 0.3) is 0 Å². The molecule has 0 aromatic carbocycles. The molecule has 0 aromatic rings. The summed E-state index contributed by atoms with van der Waals surface area (Å²) in [6, 6.07) is -1.30. The zero-order valence-corrected chi connectivity index (χ0v) is 11.0. The molecule has 7 nitrogen and oxygen atoms in total. The lowest BCUT2D eigenvalue weighted by molar-refractivity contribution is -0.144. The second kappa shape index (κ2) is 5.46. The van der Waals surface area contributed by atoms with Gasteiger partial charge in [0, 0.05) is 19.6 Å². The fraction of sp³-hybridized carbons (Fsp3) is 0.750. The Bertz CT molecular complexity index is 398. The normalized spacial score (nSPS) is 27.3. The van der Waals surface area contributed by atoms with Crippen LogP contribution < -0.4 is 5.32 Å². The zero-order valence-electron chi connectivity index (χ0n) is 11.0. The van der Waals surface area contributed by atoms with Gasteiger partial charge in [0.15, 0.2) is 0 Å². The van der Waals surface area contributed by atoms with Crippen LogP contribution >= 0.6 is 0 Å². The Kier molecular flexibility index (Phi) is 3.92. The fourth-order valence-electron chi connectivity index (χ4n) is 2.58. The standard InChI is InChI=1S/C12H19N3O4/c1-2-8-3-4-14(6-8)12(19)15-7-10(16)13-5-9(15)11(17)18/h8-9H,2-7H2,1H3,(H,13,16)(H,17,18). The lowest BCUT2D eigenvalue weighted by atomic mass is 10.1. The largest absolute Gasteiger partial charge is 0.480 e. The molecule has 106 valence electrons. The third-order valence-electron chi connectivity index (χ3n) is 3.85. The van der Waals surface area contributed by atoms with Crippen LogP contribution in [0.2, 0.25) is 0 Å². The van der Waals surface area contributed by atoms with E-state index in [9.17, 15) is 14.4 Å². The SMILES string of the molecule is CCC1CCN(C(=O)N2CC(=O)NCC2C(=O)O)C1. The average Bonchev–Trinajstić information content (AvgIpc) is 2.86. The van der Waals surface area contributed by atoms with Crippen molar-refractivity contribution >= 4 is 17.9 Å². The van der Waals surface area contributed by atoms with Crippen molar-refractivity contribution in [2.75, 3.05) is 26.2 Å². The van der Waals surface area contributed by atoms with Crippen LogP contribution in [0.15, 0.2) is 0 Å². The van der Waals surface area contributed by atoms with Gasteiger partial charge in [-0.15, -0.1) is 0 Å². The average molecular weight is 269 g/mol. The van der Waals surface area contributed by atoms with Crippen LogP contribution in [-0.2, 0) is 9.59 Å². The third kappa shape index (κ3) is 2.80. The molecule has 0 bridgehead atoms. The first kappa shape index (κ1) is 13.6. The van der Waals surface area contributed by atoms with Gasteiger partial charge in [-0.25, -0.2) is 9.59 Å². The highest BCUT2D eigenvalue weighted by atomic mass is 16.4. The first-order valence-electron chi connectivity index (χ1n) is 6.58. The molecule has 2 heterocycles. The Morgan fingerprint density at radius 1 is 1.47 bits per heavy atom. The van der Waals surface area contributed by atoms with Crippen LogP contribution in [0.4, 0.5) is 4.79 Å². The van der Waals surface area contributed by atoms with Crippen LogP contribution in [0.3, 0.4) is 0 Å². The van der Waals surface area contributed by atoms with Crippen LogP contribution in [0.5, 0.6) is 0 Å². The summed E-state index contributed by atoms with van der Waals surface area (Å²) in [5.41, 5.74) is 0. The second-order valence-electron chi connectivity index (χ2n) is 5.08. The van der Waals surface area contributed by atoms with Gasteiger partial charge in [0.25, 0.3) is 0 Å². The molecule has 2 saturated heterocycles. The molecule has 0 saturated carbocycles. The zero-order chi connectivity index (χ0) is 14.0. The number of piperazine rings is 1. The molecular formula is C12H19N3O4. The maximum absolute atomic E-state index is 12.3. The predicted molar refractivity (Wildman–Crippen MR) is 66.5 cm³/mol. The molecule has 0 aromatic heterocycles. The Hall–Kier alpha value is -1.79. The summed E-state index contributed by atoms with van der Waals surface area (Å²) in [6.45, 7) is 3.17. The molecule has 7 heteroatoms. The molecule has 2 N–H and O–H groups in total. The molecule has 2 rings (SSSR count). The van der Waals surface area contributed by atoms with Gasteiger partial charge >= 0.3 is 12.0 Å². The Labute approximate surface area is 111 Å². The number of hydrogen-bond donors (Lipinski definition) is 2. The highest BCUT2D eigenvalue weighted by molar-refractivity contribution is 5.90. The van der Waals surface area contributed by atoms with Gasteiger partial charge < -0.3 is 15.3 Å². The van der Waals surface area contributed by atoms with E-state index in [4.69, 9.17) is 5.11 Å². The monoisotopic (exact) mass is 269 g/mol. The van der Waals surface area contributed by atoms with Gasteiger partial charge in [-0.2, -0.15) is 0 Å². The number of carboxylic acid groups (broad SMARTS) is 1. The number of carbonyl (C=O) groups excluding carboxylic acids is 2. The lowest BCUT2D eigenvalue weighted by Gasteiger charge is -2.35. The van der Waals surface area contributed by atoms with Gasteiger partial charge in [-0.3, -0.25) is 9.69 Å². The van der Waals surface area contributed by atoms with Gasteiger partial charge in [-0.1, -0.05) is 13.3 Å². The summed E-state index contributed by atoms with van der Waals surface area (Å²) < 4.78 is 0. The number of likely N-dealkylation sites (tertiary alicyclic amines) is 1. The first-order chi connectivity index (χ1) is 9.02. The number of rotatable bonds is 2. The number of nitrogens with one attached hydrogen (secondary N) is 1. The second-order valence-corrected chi connectivity index (χ2v) is 5.08. The van der Waals surface area contributed by atoms with Crippen molar-refractivity contribution in [3.05, 3.63) is 0 Å². The maximum Gasteiger partial charge on any atom is 0.328 e. The van der Waals surface area contributed by atoms with E-state index < -0.39 is 12.0 Å². The minimum atomic E-state index is -1.08. The van der Waals surface area contributed by atoms with Crippen molar-refractivity contribution in [2.24, 2.45) is 5.92 Å². The van der Waals surface area contributed by atoms with Gasteiger partial charge in [-0.05, 0) is 12.3 Å². The highest BCUT2D eigenvalue weighted by Gasteiger charge is 2.38. The number of amides is 3. The number of carbonyl (C=O) groups is 3. The number of hydrogen-bond acceptors (Lipinski definition) is 3. The Morgan fingerprint density at radius 2 is 2.21 bits per heavy atom. The van der Waals surface area contributed by atoms with Crippen LogP contribution in [0, 0.1) is 5.92 Å². The molecular weight excluding hydrogens is 250 g/mol. The highest BCUT2D eigenvalue weighted by Crippen LogP contribution is 2.21. The minimum absolute atomic E-state index is 0.0229. The van der Waals surface area contributed by atoms with E-state index in [1.807, 2.05) is 0 Å². The molecule has 0 aliphatic carbocycles. The van der Waals surface area contributed by atoms with Gasteiger partial charge in [0.1, 0.15) is 12.6 Å². The minimum Gasteiger partial charge on any atom is -0.480 e. The summed E-state index contributed by atoms with van der Waals surface area (Å²) in [7, 11) is 0. The molecule has 19 heavy (non-hydrogen) atoms. The third-order valence-corrected chi connectivity index (χ3v) is 3.85. The molecule has 3 amide bonds. The van der Waals surface area contributed by atoms with E-state index in [2.05, 4.69) is 12.2 Å². The van der Waals surface area contributed by atoms with Crippen molar-refractivity contribution in [1.82, 2.24) is 15.1 Å². The number of aliphatic carboxylic acids is 1. The summed E-state index contributed by atoms with van der Waals surface area (Å²) in [5.74, 6) is -0.914. The Balaban J connectivity index is 2.06. The fourth-order valence-corrected chi connectivity index (χ4v) is 2.58. The molecule has 2 atom stereocenters. The number of carboxylic acids is 1. The molecule has 2 fully saturated rings. The predicted octanol–water partition coefficient (Wildman–Crippen LogP) is -0.277. The smallest absolute Gasteiger partial charge is 0.328 e. The molecule has 2 unspecified atom stereocenters. The van der Waals surface area contributed by atoms with Gasteiger partial charge in [0.2, 0.25) is 5.91 Å². The van der Waals surface area contributed by atoms with E-state index in [0.29, 0.717) is 19.0 Å². The summed E-state index contributed by atoms with van der Waals surface area (Å²) in [5, 5.41) is 11.6. The van der Waals surface area contributed by atoms with Crippen molar-refractivity contribution < 1.29 is 19.5 Å². The van der Waals surface area contributed by atoms with Crippen molar-refractivity contribution in [3.8, 4) is 0 Å². The Morgan fingerprint density at radius 3 is 2.79 bits per heavy atom. The van der Waals surface area contributed by atoms with E-state index in [1.54, 1.807) is 4.90 Å². The van der Waals surface area contributed by atoms with E-state index in [1.165, 1.54) is 4.90 Å². The summed E-state index contributed by atoms with van der Waals surface area (Å²) in [6.07, 6.45) is 1.95. The molecule has 0 spiro atoms. The molecule has 2 aliphatic rings. The topological polar surface area (TPSA) is 90.0 Å². The molecule has 0 radical (unpaired) electrons.